The van der Waals surface area contributed by atoms with E-state index in [-0.39, 0.29) is 18.4 Å². The number of aromatic nitrogens is 1. The summed E-state index contributed by atoms with van der Waals surface area (Å²) in [6, 6.07) is 7.26. The van der Waals surface area contributed by atoms with Gasteiger partial charge in [-0.1, -0.05) is 24.3 Å². The maximum Gasteiger partial charge on any atom is 0.311 e. The number of nitrogens with zero attached hydrogens (tertiary/aromatic N) is 1. The molecule has 0 unspecified atom stereocenters. The molecule has 0 fully saturated rings. The van der Waals surface area contributed by atoms with Crippen LogP contribution in [0.3, 0.4) is 0 Å². The standard InChI is InChI=1S/C17H22N2O4S2/c1-5-23-16(20)10-15-12(3)24-17(18-15)14-8-6-13(7-9-14)11(2)19-25(4,21)22/h6-9,11,19H,5,10H2,1-4H3/t11-/m0/s1. The molecule has 0 saturated heterocycles. The number of rotatable bonds is 7. The Hall–Kier alpha value is -1.77. The minimum absolute atomic E-state index is 0.170. The largest absolute Gasteiger partial charge is 0.466 e. The van der Waals surface area contributed by atoms with E-state index in [1.165, 1.54) is 11.3 Å². The first-order valence-corrected chi connectivity index (χ1v) is 10.6. The summed E-state index contributed by atoms with van der Waals surface area (Å²) in [6.07, 6.45) is 1.31. The van der Waals surface area contributed by atoms with Gasteiger partial charge in [0.1, 0.15) is 5.01 Å². The maximum atomic E-state index is 11.6. The Bertz CT molecular complexity index is 842. The predicted octanol–water partition coefficient (Wildman–Crippen LogP) is 2.83. The molecule has 0 radical (unpaired) electrons. The first-order chi connectivity index (χ1) is 11.7. The monoisotopic (exact) mass is 382 g/mol. The fourth-order valence-corrected chi connectivity index (χ4v) is 4.08. The number of nitrogens with one attached hydrogen (secondary N) is 1. The Labute approximate surface area is 152 Å². The van der Waals surface area contributed by atoms with Crippen molar-refractivity contribution in [3.63, 3.8) is 0 Å². The molecule has 1 aromatic heterocycles. The summed E-state index contributed by atoms with van der Waals surface area (Å²) >= 11 is 1.52. The Morgan fingerprint density at radius 3 is 2.52 bits per heavy atom. The molecule has 2 rings (SSSR count). The summed E-state index contributed by atoms with van der Waals surface area (Å²) in [4.78, 5) is 17.2. The normalized spacial score (nSPS) is 12.8. The van der Waals surface area contributed by atoms with Crippen LogP contribution in [0.15, 0.2) is 24.3 Å². The van der Waals surface area contributed by atoms with E-state index in [9.17, 15) is 13.2 Å². The van der Waals surface area contributed by atoms with Gasteiger partial charge in [-0.2, -0.15) is 0 Å². The molecule has 0 spiro atoms. The summed E-state index contributed by atoms with van der Waals surface area (Å²) in [5, 5.41) is 0.826. The van der Waals surface area contributed by atoms with Crippen molar-refractivity contribution in [2.24, 2.45) is 0 Å². The number of sulfonamides is 1. The first kappa shape index (κ1) is 19.6. The van der Waals surface area contributed by atoms with E-state index >= 15 is 0 Å². The van der Waals surface area contributed by atoms with Gasteiger partial charge in [-0.25, -0.2) is 18.1 Å². The van der Waals surface area contributed by atoms with Crippen LogP contribution in [0.2, 0.25) is 0 Å². The zero-order valence-electron chi connectivity index (χ0n) is 14.7. The molecule has 136 valence electrons. The summed E-state index contributed by atoms with van der Waals surface area (Å²) in [7, 11) is -3.26. The summed E-state index contributed by atoms with van der Waals surface area (Å²) in [6.45, 7) is 5.86. The average molecular weight is 383 g/mol. The van der Waals surface area contributed by atoms with Crippen LogP contribution >= 0.6 is 11.3 Å². The SMILES string of the molecule is CCOC(=O)Cc1nc(-c2ccc([C@H](C)NS(C)(=O)=O)cc2)sc1C. The third-order valence-electron chi connectivity index (χ3n) is 3.56. The molecule has 1 N–H and O–H groups in total. The van der Waals surface area contributed by atoms with E-state index in [0.717, 1.165) is 33.0 Å². The van der Waals surface area contributed by atoms with Gasteiger partial charge in [-0.3, -0.25) is 4.79 Å². The zero-order chi connectivity index (χ0) is 18.6. The molecular formula is C17H22N2O4S2. The summed E-state index contributed by atoms with van der Waals surface area (Å²) in [5.74, 6) is -0.279. The van der Waals surface area contributed by atoms with Crippen molar-refractivity contribution in [1.82, 2.24) is 9.71 Å². The fourth-order valence-electron chi connectivity index (χ4n) is 2.37. The average Bonchev–Trinajstić information content (AvgIpc) is 2.87. The lowest BCUT2D eigenvalue weighted by molar-refractivity contribution is -0.142. The lowest BCUT2D eigenvalue weighted by Crippen LogP contribution is -2.25. The Morgan fingerprint density at radius 2 is 1.96 bits per heavy atom. The molecule has 25 heavy (non-hydrogen) atoms. The number of hydrogen-bond donors (Lipinski definition) is 1. The third-order valence-corrected chi connectivity index (χ3v) is 5.40. The van der Waals surface area contributed by atoms with Crippen LogP contribution in [0.4, 0.5) is 0 Å². The van der Waals surface area contributed by atoms with Gasteiger partial charge in [0.25, 0.3) is 0 Å². The number of carbonyl (C=O) groups excluding carboxylic acids is 1. The van der Waals surface area contributed by atoms with E-state index in [1.54, 1.807) is 13.8 Å². The Morgan fingerprint density at radius 1 is 1.32 bits per heavy atom. The second kappa shape index (κ2) is 8.07. The van der Waals surface area contributed by atoms with Crippen molar-refractivity contribution in [3.8, 4) is 10.6 Å². The van der Waals surface area contributed by atoms with Crippen LogP contribution in [0.5, 0.6) is 0 Å². The van der Waals surface area contributed by atoms with Crippen LogP contribution in [0, 0.1) is 6.92 Å². The van der Waals surface area contributed by atoms with Crippen molar-refractivity contribution in [2.75, 3.05) is 12.9 Å². The van der Waals surface area contributed by atoms with Gasteiger partial charge in [0.2, 0.25) is 10.0 Å². The Kier molecular flexibility index (Phi) is 6.31. The molecule has 0 saturated carbocycles. The smallest absolute Gasteiger partial charge is 0.311 e. The molecule has 1 aromatic carbocycles. The highest BCUT2D eigenvalue weighted by Gasteiger charge is 2.15. The molecule has 1 atom stereocenters. The van der Waals surface area contributed by atoms with Crippen LogP contribution in [-0.2, 0) is 26.0 Å². The molecular weight excluding hydrogens is 360 g/mol. The highest BCUT2D eigenvalue weighted by Crippen LogP contribution is 2.29. The Balaban J connectivity index is 2.16. The van der Waals surface area contributed by atoms with Crippen molar-refractivity contribution < 1.29 is 17.9 Å². The highest BCUT2D eigenvalue weighted by molar-refractivity contribution is 7.88. The molecule has 0 bridgehead atoms. The number of esters is 1. The minimum atomic E-state index is -3.26. The van der Waals surface area contributed by atoms with E-state index in [0.29, 0.717) is 6.61 Å². The topological polar surface area (TPSA) is 85.4 Å². The minimum Gasteiger partial charge on any atom is -0.466 e. The lowest BCUT2D eigenvalue weighted by atomic mass is 10.1. The molecule has 0 aliphatic carbocycles. The van der Waals surface area contributed by atoms with Crippen molar-refractivity contribution in [1.29, 1.82) is 0 Å². The van der Waals surface area contributed by atoms with Gasteiger partial charge in [0.15, 0.2) is 0 Å². The van der Waals surface area contributed by atoms with Gasteiger partial charge in [-0.05, 0) is 26.3 Å². The van der Waals surface area contributed by atoms with Gasteiger partial charge >= 0.3 is 5.97 Å². The summed E-state index contributed by atoms with van der Waals surface area (Å²) < 4.78 is 30.2. The second-order valence-corrected chi connectivity index (χ2v) is 8.72. The first-order valence-electron chi connectivity index (χ1n) is 7.89. The van der Waals surface area contributed by atoms with E-state index < -0.39 is 10.0 Å². The van der Waals surface area contributed by atoms with E-state index in [2.05, 4.69) is 9.71 Å². The molecule has 6 nitrogen and oxygen atoms in total. The lowest BCUT2D eigenvalue weighted by Gasteiger charge is -2.12. The van der Waals surface area contributed by atoms with E-state index in [4.69, 9.17) is 4.74 Å². The quantitative estimate of drug-likeness (QED) is 0.744. The molecule has 8 heteroatoms. The number of benzene rings is 1. The molecule has 0 aliphatic heterocycles. The van der Waals surface area contributed by atoms with Crippen LogP contribution in [0.25, 0.3) is 10.6 Å². The third kappa shape index (κ3) is 5.62. The van der Waals surface area contributed by atoms with Gasteiger partial charge in [0, 0.05) is 16.5 Å². The van der Waals surface area contributed by atoms with Crippen LogP contribution in [-0.4, -0.2) is 32.2 Å². The second-order valence-electron chi connectivity index (χ2n) is 5.74. The molecule has 0 amide bonds. The number of hydrogen-bond acceptors (Lipinski definition) is 6. The van der Waals surface area contributed by atoms with Crippen molar-refractivity contribution in [2.45, 2.75) is 33.2 Å². The van der Waals surface area contributed by atoms with E-state index in [1.807, 2.05) is 31.2 Å². The molecule has 1 heterocycles. The molecule has 0 aliphatic rings. The highest BCUT2D eigenvalue weighted by atomic mass is 32.2. The van der Waals surface area contributed by atoms with Gasteiger partial charge in [-0.15, -0.1) is 11.3 Å². The maximum absolute atomic E-state index is 11.6. The number of thiazole rings is 1. The van der Waals surface area contributed by atoms with Crippen molar-refractivity contribution >= 4 is 27.3 Å². The summed E-state index contributed by atoms with van der Waals surface area (Å²) in [5.41, 5.74) is 2.53. The fraction of sp³-hybridized carbons (Fsp3) is 0.412. The van der Waals surface area contributed by atoms with Gasteiger partial charge in [0.05, 0.1) is 25.0 Å². The van der Waals surface area contributed by atoms with Gasteiger partial charge < -0.3 is 4.74 Å². The van der Waals surface area contributed by atoms with Crippen LogP contribution in [0.1, 0.15) is 36.0 Å². The number of carbonyl (C=O) groups is 1. The van der Waals surface area contributed by atoms with Crippen LogP contribution < -0.4 is 4.72 Å². The molecule has 2 aromatic rings. The number of aryl methyl sites for hydroxylation is 1. The number of ether oxygens (including phenoxy) is 1. The van der Waals surface area contributed by atoms with Crippen molar-refractivity contribution in [3.05, 3.63) is 40.4 Å². The predicted molar refractivity (Wildman–Crippen MR) is 99.0 cm³/mol. The zero-order valence-corrected chi connectivity index (χ0v) is 16.3.